The summed E-state index contributed by atoms with van der Waals surface area (Å²) in [6, 6.07) is 17.0. The van der Waals surface area contributed by atoms with Crippen LogP contribution in [0.4, 0.5) is 5.82 Å². The molecule has 5 heterocycles. The van der Waals surface area contributed by atoms with Crippen molar-refractivity contribution in [1.29, 1.82) is 0 Å². The minimum atomic E-state index is 0.119. The Balaban J connectivity index is 1.12. The minimum absolute atomic E-state index is 0.119. The standard InChI is InChI=1S/C34H35N7O2/c1-19-35-9-8-30(36-19)39-15-20(16-39)17-41-32-25(37-33(41)28-12-21-6-4-5-7-26(21)38(28)2)11-23(14-29(32)43-3)34(42)40-18-24-10-22-13-27(40)31(22)24/h4-9,11-12,14,20,22,24,27,31H,10,13,15-18H2,1-3H3/t22?,24?,27?,31-/m1/s1. The van der Waals surface area contributed by atoms with Crippen LogP contribution >= 0.6 is 0 Å². The summed E-state index contributed by atoms with van der Waals surface area (Å²) < 4.78 is 10.6. The van der Waals surface area contributed by atoms with Crippen molar-refractivity contribution in [2.24, 2.45) is 30.7 Å². The van der Waals surface area contributed by atoms with Gasteiger partial charge < -0.3 is 23.7 Å². The largest absolute Gasteiger partial charge is 0.494 e. The number of nitrogens with zero attached hydrogens (tertiary/aromatic N) is 7. The second-order valence-electron chi connectivity index (χ2n) is 13.1. The summed E-state index contributed by atoms with van der Waals surface area (Å²) in [6.45, 7) is 5.42. The van der Waals surface area contributed by atoms with Crippen LogP contribution in [0.3, 0.4) is 0 Å². The van der Waals surface area contributed by atoms with Gasteiger partial charge in [-0.05, 0) is 67.9 Å². The molecule has 2 saturated carbocycles. The first kappa shape index (κ1) is 25.1. The molecule has 2 aliphatic heterocycles. The topological polar surface area (TPSA) is 81.3 Å². The van der Waals surface area contributed by atoms with Crippen LogP contribution in [0.1, 0.15) is 29.0 Å². The molecule has 9 nitrogen and oxygen atoms in total. The number of methoxy groups -OCH3 is 1. The highest BCUT2D eigenvalue weighted by Gasteiger charge is 2.61. The number of hydrogen-bond acceptors (Lipinski definition) is 6. The third-order valence-corrected chi connectivity index (χ3v) is 10.7. The first-order valence-electron chi connectivity index (χ1n) is 15.5. The highest BCUT2D eigenvalue weighted by molar-refractivity contribution is 6.00. The van der Waals surface area contributed by atoms with Gasteiger partial charge in [0, 0.05) is 67.8 Å². The van der Waals surface area contributed by atoms with Gasteiger partial charge in [0.2, 0.25) is 0 Å². The molecular weight excluding hydrogens is 538 g/mol. The van der Waals surface area contributed by atoms with Crippen LogP contribution in [0.2, 0.25) is 0 Å². The number of aryl methyl sites for hydroxylation is 2. The lowest BCUT2D eigenvalue weighted by atomic mass is 9.53. The maximum Gasteiger partial charge on any atom is 0.254 e. The van der Waals surface area contributed by atoms with E-state index in [2.05, 4.69) is 66.3 Å². The number of rotatable bonds is 6. The third kappa shape index (κ3) is 3.63. The van der Waals surface area contributed by atoms with Gasteiger partial charge in [-0.3, -0.25) is 4.79 Å². The van der Waals surface area contributed by atoms with E-state index in [0.717, 1.165) is 77.7 Å². The number of carbonyl (C=O) groups is 1. The molecule has 3 unspecified atom stereocenters. The zero-order valence-corrected chi connectivity index (χ0v) is 24.8. The maximum absolute atomic E-state index is 13.9. The van der Waals surface area contributed by atoms with Gasteiger partial charge in [0.15, 0.2) is 5.82 Å². The Kier molecular flexibility index (Phi) is 5.29. The number of anilines is 1. The fourth-order valence-electron chi connectivity index (χ4n) is 8.50. The molecule has 0 spiro atoms. The lowest BCUT2D eigenvalue weighted by molar-refractivity contribution is -0.0204. The average Bonchev–Trinajstić information content (AvgIpc) is 3.51. The van der Waals surface area contributed by atoms with E-state index in [9.17, 15) is 4.79 Å². The number of para-hydroxylation sites is 1. The summed E-state index contributed by atoms with van der Waals surface area (Å²) in [5.74, 6) is 6.18. The highest BCUT2D eigenvalue weighted by atomic mass is 16.5. The Morgan fingerprint density at radius 3 is 2.65 bits per heavy atom. The van der Waals surface area contributed by atoms with Crippen molar-refractivity contribution in [2.45, 2.75) is 32.4 Å². The van der Waals surface area contributed by atoms with Crippen molar-refractivity contribution < 1.29 is 9.53 Å². The Bertz CT molecular complexity index is 1940. The number of benzene rings is 2. The SMILES string of the molecule is COc1cc(C(=O)N2CC3CC4CC2[C@H]43)cc2nc(-c3cc4ccccc4n3C)n(CC3CN(c4ccnc(C)n4)C3)c12. The molecule has 4 atom stereocenters. The molecule has 4 fully saturated rings. The van der Waals surface area contributed by atoms with Crippen LogP contribution in [0.5, 0.6) is 5.75 Å². The van der Waals surface area contributed by atoms with E-state index in [1.807, 2.05) is 31.3 Å². The second kappa shape index (κ2) is 9.05. The summed E-state index contributed by atoms with van der Waals surface area (Å²) in [5, 5.41) is 1.18. The molecular formula is C34H35N7O2. The van der Waals surface area contributed by atoms with E-state index in [0.29, 0.717) is 29.2 Å². The number of fused-ring (bicyclic) bond motifs is 2. The average molecular weight is 574 g/mol. The number of ether oxygens (including phenoxy) is 1. The maximum atomic E-state index is 13.9. The summed E-state index contributed by atoms with van der Waals surface area (Å²) in [5.41, 5.74) is 4.64. The number of aromatic nitrogens is 5. The van der Waals surface area contributed by atoms with Gasteiger partial charge in [0.25, 0.3) is 5.91 Å². The van der Waals surface area contributed by atoms with Crippen LogP contribution < -0.4 is 9.64 Å². The molecule has 9 rings (SSSR count). The third-order valence-electron chi connectivity index (χ3n) is 10.7. The van der Waals surface area contributed by atoms with Crippen LogP contribution in [0.25, 0.3) is 33.5 Å². The van der Waals surface area contributed by atoms with Gasteiger partial charge in [-0.25, -0.2) is 15.0 Å². The monoisotopic (exact) mass is 573 g/mol. The molecule has 0 bridgehead atoms. The Labute approximate surface area is 250 Å². The van der Waals surface area contributed by atoms with Gasteiger partial charge in [0.1, 0.15) is 22.9 Å². The molecule has 2 aliphatic carbocycles. The highest BCUT2D eigenvalue weighted by Crippen LogP contribution is 2.60. The van der Waals surface area contributed by atoms with Crippen molar-refractivity contribution in [3.8, 4) is 17.3 Å². The predicted octanol–water partition coefficient (Wildman–Crippen LogP) is 4.92. The van der Waals surface area contributed by atoms with Gasteiger partial charge >= 0.3 is 0 Å². The fourth-order valence-corrected chi connectivity index (χ4v) is 8.50. The van der Waals surface area contributed by atoms with Crippen molar-refractivity contribution in [1.82, 2.24) is 29.0 Å². The molecule has 2 aromatic carbocycles. The number of imidazole rings is 1. The summed E-state index contributed by atoms with van der Waals surface area (Å²) in [7, 11) is 3.80. The van der Waals surface area contributed by atoms with E-state index in [4.69, 9.17) is 9.72 Å². The molecule has 4 aliphatic rings. The quantitative estimate of drug-likeness (QED) is 0.287. The summed E-state index contributed by atoms with van der Waals surface area (Å²) in [6.07, 6.45) is 4.28. The smallest absolute Gasteiger partial charge is 0.254 e. The van der Waals surface area contributed by atoms with Gasteiger partial charge in [-0.1, -0.05) is 18.2 Å². The number of amides is 1. The van der Waals surface area contributed by atoms with Crippen LogP contribution in [-0.4, -0.2) is 67.7 Å². The molecule has 2 saturated heterocycles. The Morgan fingerprint density at radius 1 is 1.02 bits per heavy atom. The molecule has 1 amide bonds. The molecule has 218 valence electrons. The zero-order chi connectivity index (χ0) is 29.0. The minimum Gasteiger partial charge on any atom is -0.494 e. The van der Waals surface area contributed by atoms with E-state index >= 15 is 0 Å². The molecule has 0 radical (unpaired) electrons. The Hall–Kier alpha value is -4.40. The van der Waals surface area contributed by atoms with Crippen molar-refractivity contribution >= 4 is 33.7 Å². The van der Waals surface area contributed by atoms with E-state index in [-0.39, 0.29) is 5.91 Å². The predicted molar refractivity (Wildman–Crippen MR) is 165 cm³/mol. The Morgan fingerprint density at radius 2 is 1.88 bits per heavy atom. The molecule has 0 N–H and O–H groups in total. The number of carbonyl (C=O) groups excluding carboxylic acids is 1. The molecule has 3 aromatic heterocycles. The number of hydrogen-bond donors (Lipinski definition) is 0. The van der Waals surface area contributed by atoms with E-state index in [1.165, 1.54) is 18.2 Å². The summed E-state index contributed by atoms with van der Waals surface area (Å²) >= 11 is 0. The first-order chi connectivity index (χ1) is 21.0. The van der Waals surface area contributed by atoms with Crippen molar-refractivity contribution in [3.63, 3.8) is 0 Å². The summed E-state index contributed by atoms with van der Waals surface area (Å²) in [4.78, 5) is 32.5. The lowest BCUT2D eigenvalue weighted by Crippen LogP contribution is -2.53. The van der Waals surface area contributed by atoms with Gasteiger partial charge in [0.05, 0.1) is 18.3 Å². The van der Waals surface area contributed by atoms with E-state index < -0.39 is 0 Å². The van der Waals surface area contributed by atoms with Gasteiger partial charge in [-0.2, -0.15) is 0 Å². The molecule has 5 aromatic rings. The van der Waals surface area contributed by atoms with Gasteiger partial charge in [-0.15, -0.1) is 0 Å². The first-order valence-corrected chi connectivity index (χ1v) is 15.5. The number of likely N-dealkylation sites (tertiary alicyclic amines) is 1. The molecule has 43 heavy (non-hydrogen) atoms. The normalized spacial score (nSPS) is 24.2. The van der Waals surface area contributed by atoms with Crippen molar-refractivity contribution in [3.05, 3.63) is 66.1 Å². The van der Waals surface area contributed by atoms with Crippen LogP contribution in [0.15, 0.2) is 54.7 Å². The van der Waals surface area contributed by atoms with Crippen molar-refractivity contribution in [2.75, 3.05) is 31.6 Å². The van der Waals surface area contributed by atoms with Crippen LogP contribution in [0, 0.1) is 30.6 Å². The zero-order valence-electron chi connectivity index (χ0n) is 24.8. The fraction of sp³-hybridized carbons (Fsp3) is 0.412. The molecule has 9 heteroatoms. The van der Waals surface area contributed by atoms with E-state index in [1.54, 1.807) is 7.11 Å². The lowest BCUT2D eigenvalue weighted by Gasteiger charge is -2.52. The van der Waals surface area contributed by atoms with Crippen LogP contribution in [-0.2, 0) is 13.6 Å². The second-order valence-corrected chi connectivity index (χ2v) is 13.1.